The van der Waals surface area contributed by atoms with Crippen LogP contribution in [0.2, 0.25) is 0 Å². The average Bonchev–Trinajstić information content (AvgIpc) is 2.36. The number of carboxylic acid groups (broad SMARTS) is 1. The van der Waals surface area contributed by atoms with Crippen molar-refractivity contribution >= 4 is 11.9 Å². The Morgan fingerprint density at radius 1 is 1.50 bits per heavy atom. The average molecular weight is 256 g/mol. The van der Waals surface area contributed by atoms with Gasteiger partial charge in [0.2, 0.25) is 5.91 Å². The monoisotopic (exact) mass is 256 g/mol. The zero-order chi connectivity index (χ0) is 13.9. The molecule has 0 aromatic heterocycles. The van der Waals surface area contributed by atoms with Gasteiger partial charge in [-0.2, -0.15) is 0 Å². The molecule has 18 heavy (non-hydrogen) atoms. The maximum Gasteiger partial charge on any atom is 0.309 e. The summed E-state index contributed by atoms with van der Waals surface area (Å²) < 4.78 is 0. The molecular weight excluding hydrogens is 232 g/mol. The molecule has 0 aromatic rings. The highest BCUT2D eigenvalue weighted by Gasteiger charge is 2.40. The lowest BCUT2D eigenvalue weighted by molar-refractivity contribution is -0.153. The third-order valence-electron chi connectivity index (χ3n) is 4.06. The molecule has 0 spiro atoms. The Kier molecular flexibility index (Phi) is 4.73. The third-order valence-corrected chi connectivity index (χ3v) is 4.06. The molecule has 5 heteroatoms. The summed E-state index contributed by atoms with van der Waals surface area (Å²) in [5.74, 6) is -0.860. The number of rotatable bonds is 4. The predicted molar refractivity (Wildman–Crippen MR) is 69.0 cm³/mol. The van der Waals surface area contributed by atoms with Crippen LogP contribution in [-0.2, 0) is 9.59 Å². The van der Waals surface area contributed by atoms with Crippen LogP contribution >= 0.6 is 0 Å². The molecule has 0 bridgehead atoms. The molecule has 3 N–H and O–H groups in total. The highest BCUT2D eigenvalue weighted by molar-refractivity contribution is 5.82. The molecule has 2 unspecified atom stereocenters. The Bertz CT molecular complexity index is 328. The normalized spacial score (nSPS) is 22.7. The van der Waals surface area contributed by atoms with Crippen molar-refractivity contribution in [2.75, 3.05) is 13.1 Å². The molecule has 0 radical (unpaired) electrons. The Labute approximate surface area is 108 Å². The molecule has 0 aliphatic carbocycles. The summed E-state index contributed by atoms with van der Waals surface area (Å²) in [6.45, 7) is 6.54. The second kappa shape index (κ2) is 5.69. The van der Waals surface area contributed by atoms with Crippen molar-refractivity contribution < 1.29 is 14.7 Å². The Balaban J connectivity index is 2.73. The van der Waals surface area contributed by atoms with Gasteiger partial charge in [0.25, 0.3) is 0 Å². The topological polar surface area (TPSA) is 83.6 Å². The maximum absolute atomic E-state index is 12.0. The van der Waals surface area contributed by atoms with Gasteiger partial charge in [-0.15, -0.1) is 0 Å². The van der Waals surface area contributed by atoms with Gasteiger partial charge in [0.15, 0.2) is 0 Å². The van der Waals surface area contributed by atoms with E-state index in [1.54, 1.807) is 18.7 Å². The minimum Gasteiger partial charge on any atom is -0.481 e. The molecule has 1 amide bonds. The number of nitrogens with zero attached hydrogens (tertiary/aromatic N) is 1. The number of carbonyl (C=O) groups is 2. The number of nitrogens with two attached hydrogens (primary N) is 1. The van der Waals surface area contributed by atoms with Gasteiger partial charge in [-0.1, -0.05) is 6.92 Å². The van der Waals surface area contributed by atoms with Crippen molar-refractivity contribution in [3.05, 3.63) is 0 Å². The van der Waals surface area contributed by atoms with Gasteiger partial charge in [0.1, 0.15) is 0 Å². The van der Waals surface area contributed by atoms with Crippen LogP contribution in [0.1, 0.15) is 40.0 Å². The van der Waals surface area contributed by atoms with E-state index in [-0.39, 0.29) is 11.8 Å². The van der Waals surface area contributed by atoms with E-state index in [2.05, 4.69) is 0 Å². The van der Waals surface area contributed by atoms with Gasteiger partial charge in [-0.25, -0.2) is 0 Å². The van der Waals surface area contributed by atoms with Crippen LogP contribution in [0.15, 0.2) is 0 Å². The molecule has 0 aromatic carbocycles. The minimum atomic E-state index is -0.804. The summed E-state index contributed by atoms with van der Waals surface area (Å²) >= 11 is 0. The predicted octanol–water partition coefficient (Wildman–Crippen LogP) is 1.07. The van der Waals surface area contributed by atoms with E-state index in [0.29, 0.717) is 19.5 Å². The van der Waals surface area contributed by atoms with E-state index in [1.165, 1.54) is 0 Å². The van der Waals surface area contributed by atoms with Crippen molar-refractivity contribution in [1.82, 2.24) is 4.90 Å². The fourth-order valence-corrected chi connectivity index (χ4v) is 2.35. The second-order valence-corrected chi connectivity index (χ2v) is 5.66. The SMILES string of the molecule is CCC(N)C(=O)N1CCCC(C(C)(C)C(=O)O)C1. The highest BCUT2D eigenvalue weighted by atomic mass is 16.4. The van der Waals surface area contributed by atoms with Crippen molar-refractivity contribution in [2.45, 2.75) is 46.1 Å². The van der Waals surface area contributed by atoms with Crippen LogP contribution in [0, 0.1) is 11.3 Å². The first-order valence-electron chi connectivity index (χ1n) is 6.58. The van der Waals surface area contributed by atoms with Crippen LogP contribution in [0.3, 0.4) is 0 Å². The zero-order valence-corrected chi connectivity index (χ0v) is 11.5. The first-order valence-corrected chi connectivity index (χ1v) is 6.58. The number of hydrogen-bond acceptors (Lipinski definition) is 3. The molecule has 1 heterocycles. The summed E-state index contributed by atoms with van der Waals surface area (Å²) in [7, 11) is 0. The number of amides is 1. The Morgan fingerprint density at radius 2 is 2.11 bits per heavy atom. The van der Waals surface area contributed by atoms with Crippen LogP contribution in [-0.4, -0.2) is 41.0 Å². The number of likely N-dealkylation sites (tertiary alicyclic amines) is 1. The number of hydrogen-bond donors (Lipinski definition) is 2. The summed E-state index contributed by atoms with van der Waals surface area (Å²) in [5.41, 5.74) is 4.96. The summed E-state index contributed by atoms with van der Waals surface area (Å²) in [6.07, 6.45) is 2.32. The second-order valence-electron chi connectivity index (χ2n) is 5.66. The fraction of sp³-hybridized carbons (Fsp3) is 0.846. The summed E-state index contributed by atoms with van der Waals surface area (Å²) in [5, 5.41) is 9.25. The van der Waals surface area contributed by atoms with E-state index < -0.39 is 17.4 Å². The number of aliphatic carboxylic acids is 1. The van der Waals surface area contributed by atoms with Crippen molar-refractivity contribution in [3.8, 4) is 0 Å². The summed E-state index contributed by atoms with van der Waals surface area (Å²) in [4.78, 5) is 25.0. The quantitative estimate of drug-likeness (QED) is 0.788. The number of carboxylic acids is 1. The van der Waals surface area contributed by atoms with Gasteiger partial charge in [0.05, 0.1) is 11.5 Å². The molecule has 1 aliphatic heterocycles. The largest absolute Gasteiger partial charge is 0.481 e. The van der Waals surface area contributed by atoms with Gasteiger partial charge in [0, 0.05) is 13.1 Å². The van der Waals surface area contributed by atoms with Gasteiger partial charge < -0.3 is 15.7 Å². The maximum atomic E-state index is 12.0. The number of piperidine rings is 1. The van der Waals surface area contributed by atoms with E-state index in [0.717, 1.165) is 12.8 Å². The van der Waals surface area contributed by atoms with E-state index in [4.69, 9.17) is 5.73 Å². The molecule has 1 aliphatic rings. The Morgan fingerprint density at radius 3 is 2.61 bits per heavy atom. The first-order chi connectivity index (χ1) is 8.30. The van der Waals surface area contributed by atoms with Crippen molar-refractivity contribution in [2.24, 2.45) is 17.1 Å². The fourth-order valence-electron chi connectivity index (χ4n) is 2.35. The van der Waals surface area contributed by atoms with Gasteiger partial charge >= 0.3 is 5.97 Å². The number of carbonyl (C=O) groups excluding carboxylic acids is 1. The molecular formula is C13H24N2O3. The van der Waals surface area contributed by atoms with Crippen LogP contribution in [0.25, 0.3) is 0 Å². The first kappa shape index (κ1) is 15.0. The zero-order valence-electron chi connectivity index (χ0n) is 11.5. The summed E-state index contributed by atoms with van der Waals surface area (Å²) in [6, 6.07) is -0.461. The van der Waals surface area contributed by atoms with E-state index >= 15 is 0 Å². The Hall–Kier alpha value is -1.10. The van der Waals surface area contributed by atoms with Crippen LogP contribution in [0.5, 0.6) is 0 Å². The lowest BCUT2D eigenvalue weighted by atomic mass is 9.74. The standard InChI is InChI=1S/C13H24N2O3/c1-4-10(14)11(16)15-7-5-6-9(8-15)13(2,3)12(17)18/h9-10H,4-8,14H2,1-3H3,(H,17,18). The van der Waals surface area contributed by atoms with E-state index in [9.17, 15) is 14.7 Å². The lowest BCUT2D eigenvalue weighted by Gasteiger charge is -2.40. The lowest BCUT2D eigenvalue weighted by Crippen LogP contribution is -2.51. The van der Waals surface area contributed by atoms with Crippen molar-refractivity contribution in [1.29, 1.82) is 0 Å². The molecule has 1 fully saturated rings. The third kappa shape index (κ3) is 3.02. The molecule has 0 saturated carbocycles. The minimum absolute atomic E-state index is 0.00300. The smallest absolute Gasteiger partial charge is 0.309 e. The highest BCUT2D eigenvalue weighted by Crippen LogP contribution is 2.34. The van der Waals surface area contributed by atoms with E-state index in [1.807, 2.05) is 6.92 Å². The molecule has 2 atom stereocenters. The molecule has 104 valence electrons. The van der Waals surface area contributed by atoms with Crippen LogP contribution in [0.4, 0.5) is 0 Å². The molecule has 1 saturated heterocycles. The molecule has 1 rings (SSSR count). The van der Waals surface area contributed by atoms with Gasteiger partial charge in [-0.05, 0) is 39.0 Å². The molecule has 5 nitrogen and oxygen atoms in total. The van der Waals surface area contributed by atoms with Crippen molar-refractivity contribution in [3.63, 3.8) is 0 Å². The van der Waals surface area contributed by atoms with Crippen LogP contribution < -0.4 is 5.73 Å². The van der Waals surface area contributed by atoms with Gasteiger partial charge in [-0.3, -0.25) is 9.59 Å².